The Hall–Kier alpha value is -0.620. The van der Waals surface area contributed by atoms with Crippen LogP contribution in [0.1, 0.15) is 25.0 Å². The van der Waals surface area contributed by atoms with Crippen molar-refractivity contribution in [3.8, 4) is 0 Å². The van der Waals surface area contributed by atoms with E-state index in [1.807, 2.05) is 24.3 Å². The summed E-state index contributed by atoms with van der Waals surface area (Å²) in [5, 5.41) is 0. The molecular formula is C15H23ClN2O2S. The van der Waals surface area contributed by atoms with Gasteiger partial charge in [0.2, 0.25) is 10.0 Å². The van der Waals surface area contributed by atoms with E-state index < -0.39 is 10.0 Å². The molecule has 21 heavy (non-hydrogen) atoms. The van der Waals surface area contributed by atoms with Crippen molar-refractivity contribution in [1.29, 1.82) is 0 Å². The second-order valence-corrected chi connectivity index (χ2v) is 7.78. The first-order valence-corrected chi connectivity index (χ1v) is 9.46. The van der Waals surface area contributed by atoms with Crippen LogP contribution in [0, 0.1) is 0 Å². The Morgan fingerprint density at radius 3 is 2.33 bits per heavy atom. The topological polar surface area (TPSA) is 40.6 Å². The van der Waals surface area contributed by atoms with Crippen LogP contribution < -0.4 is 0 Å². The van der Waals surface area contributed by atoms with Crippen LogP contribution >= 0.6 is 11.6 Å². The summed E-state index contributed by atoms with van der Waals surface area (Å²) in [4.78, 5) is 2.31. The van der Waals surface area contributed by atoms with Gasteiger partial charge in [-0.25, -0.2) is 8.42 Å². The van der Waals surface area contributed by atoms with Crippen molar-refractivity contribution in [1.82, 2.24) is 9.21 Å². The summed E-state index contributed by atoms with van der Waals surface area (Å²) in [5.74, 6) is 0.512. The number of hydrogen-bond donors (Lipinski definition) is 0. The molecule has 6 heteroatoms. The van der Waals surface area contributed by atoms with Crippen LogP contribution in [-0.2, 0) is 21.7 Å². The summed E-state index contributed by atoms with van der Waals surface area (Å²) < 4.78 is 26.7. The zero-order valence-corrected chi connectivity index (χ0v) is 14.2. The van der Waals surface area contributed by atoms with E-state index in [2.05, 4.69) is 18.7 Å². The Morgan fingerprint density at radius 1 is 1.19 bits per heavy atom. The first-order valence-electron chi connectivity index (χ1n) is 7.32. The van der Waals surface area contributed by atoms with Gasteiger partial charge in [-0.05, 0) is 24.6 Å². The van der Waals surface area contributed by atoms with Gasteiger partial charge in [0.05, 0.1) is 5.75 Å². The largest absolute Gasteiger partial charge is 0.298 e. The summed E-state index contributed by atoms with van der Waals surface area (Å²) in [6.07, 6.45) is 0. The monoisotopic (exact) mass is 330 g/mol. The quantitative estimate of drug-likeness (QED) is 0.778. The first kappa shape index (κ1) is 16.7. The summed E-state index contributed by atoms with van der Waals surface area (Å²) in [7, 11) is -3.25. The standard InChI is InChI=1S/C15H23ClN2O2S/c1-3-17-8-9-18(11-13(17)2)21(19,20)12-15-6-4-14(10-16)5-7-15/h4-7,13H,3,8-12H2,1-2H3. The molecular weight excluding hydrogens is 308 g/mol. The average molecular weight is 331 g/mol. The Kier molecular flexibility index (Phi) is 5.66. The number of hydrogen-bond acceptors (Lipinski definition) is 3. The van der Waals surface area contributed by atoms with E-state index in [4.69, 9.17) is 11.6 Å². The molecule has 0 radical (unpaired) electrons. The first-order chi connectivity index (χ1) is 9.96. The van der Waals surface area contributed by atoms with Gasteiger partial charge in [0.15, 0.2) is 0 Å². The number of likely N-dealkylation sites (N-methyl/N-ethyl adjacent to an activating group) is 1. The molecule has 1 unspecified atom stereocenters. The number of benzene rings is 1. The van der Waals surface area contributed by atoms with E-state index >= 15 is 0 Å². The molecule has 0 amide bonds. The SMILES string of the molecule is CCN1CCN(S(=O)(=O)Cc2ccc(CCl)cc2)CC1C. The maximum absolute atomic E-state index is 12.5. The van der Waals surface area contributed by atoms with Crippen LogP contribution in [0.25, 0.3) is 0 Å². The zero-order valence-electron chi connectivity index (χ0n) is 12.6. The Labute approximate surface area is 132 Å². The van der Waals surface area contributed by atoms with Crippen molar-refractivity contribution in [3.05, 3.63) is 35.4 Å². The molecule has 1 saturated heterocycles. The van der Waals surface area contributed by atoms with Gasteiger partial charge in [0.1, 0.15) is 0 Å². The summed E-state index contributed by atoms with van der Waals surface area (Å²) in [6, 6.07) is 7.74. The number of halogens is 1. The van der Waals surface area contributed by atoms with Gasteiger partial charge in [-0.3, -0.25) is 4.90 Å². The van der Waals surface area contributed by atoms with Crippen LogP contribution in [0.2, 0.25) is 0 Å². The predicted molar refractivity (Wildman–Crippen MR) is 86.9 cm³/mol. The van der Waals surface area contributed by atoms with Crippen molar-refractivity contribution < 1.29 is 8.42 Å². The number of piperazine rings is 1. The lowest BCUT2D eigenvalue weighted by molar-refractivity contribution is 0.135. The molecule has 1 aliphatic heterocycles. The molecule has 118 valence electrons. The molecule has 1 aromatic rings. The minimum Gasteiger partial charge on any atom is -0.298 e. The van der Waals surface area contributed by atoms with Gasteiger partial charge < -0.3 is 0 Å². The van der Waals surface area contributed by atoms with Crippen LogP contribution in [0.4, 0.5) is 0 Å². The molecule has 2 rings (SSSR count). The lowest BCUT2D eigenvalue weighted by Gasteiger charge is -2.38. The molecule has 0 spiro atoms. The lowest BCUT2D eigenvalue weighted by atomic mass is 10.2. The molecule has 1 fully saturated rings. The second-order valence-electron chi connectivity index (χ2n) is 5.54. The van der Waals surface area contributed by atoms with Crippen molar-refractivity contribution in [2.45, 2.75) is 31.5 Å². The highest BCUT2D eigenvalue weighted by Crippen LogP contribution is 2.17. The molecule has 1 aromatic carbocycles. The van der Waals surface area contributed by atoms with Crippen molar-refractivity contribution >= 4 is 21.6 Å². The lowest BCUT2D eigenvalue weighted by Crippen LogP contribution is -2.53. The highest BCUT2D eigenvalue weighted by atomic mass is 35.5. The second kappa shape index (κ2) is 7.09. The maximum Gasteiger partial charge on any atom is 0.218 e. The summed E-state index contributed by atoms with van der Waals surface area (Å²) in [6.45, 7) is 7.13. The van der Waals surface area contributed by atoms with E-state index in [9.17, 15) is 8.42 Å². The minimum atomic E-state index is -3.25. The summed E-state index contributed by atoms with van der Waals surface area (Å²) >= 11 is 5.75. The molecule has 0 aromatic heterocycles. The van der Waals surface area contributed by atoms with Gasteiger partial charge >= 0.3 is 0 Å². The summed E-state index contributed by atoms with van der Waals surface area (Å²) in [5.41, 5.74) is 1.82. The fourth-order valence-electron chi connectivity index (χ4n) is 2.71. The number of rotatable bonds is 5. The van der Waals surface area contributed by atoms with Crippen molar-refractivity contribution in [2.75, 3.05) is 26.2 Å². The highest BCUT2D eigenvalue weighted by molar-refractivity contribution is 7.88. The minimum absolute atomic E-state index is 0.0639. The van der Waals surface area contributed by atoms with Crippen molar-refractivity contribution in [3.63, 3.8) is 0 Å². The maximum atomic E-state index is 12.5. The molecule has 0 bridgehead atoms. The molecule has 0 saturated carbocycles. The van der Waals surface area contributed by atoms with Gasteiger partial charge in [0, 0.05) is 31.6 Å². The normalized spacial score (nSPS) is 21.6. The van der Waals surface area contributed by atoms with E-state index in [0.29, 0.717) is 19.0 Å². The average Bonchev–Trinajstić information content (AvgIpc) is 2.47. The molecule has 0 N–H and O–H groups in total. The molecule has 1 atom stereocenters. The molecule has 4 nitrogen and oxygen atoms in total. The van der Waals surface area contributed by atoms with E-state index in [0.717, 1.165) is 24.2 Å². The van der Waals surface area contributed by atoms with Gasteiger partial charge in [-0.1, -0.05) is 31.2 Å². The number of alkyl halides is 1. The number of sulfonamides is 1. The highest BCUT2D eigenvalue weighted by Gasteiger charge is 2.30. The fourth-order valence-corrected chi connectivity index (χ4v) is 4.49. The number of nitrogens with zero attached hydrogens (tertiary/aromatic N) is 2. The molecule has 1 heterocycles. The van der Waals surface area contributed by atoms with Gasteiger partial charge in [0.25, 0.3) is 0 Å². The zero-order chi connectivity index (χ0) is 15.5. The Balaban J connectivity index is 2.04. The van der Waals surface area contributed by atoms with Gasteiger partial charge in [-0.2, -0.15) is 4.31 Å². The third-order valence-corrected chi connectivity index (χ3v) is 6.18. The van der Waals surface area contributed by atoms with Crippen LogP contribution in [-0.4, -0.2) is 49.8 Å². The Morgan fingerprint density at radius 2 is 1.81 bits per heavy atom. The third-order valence-electron chi connectivity index (χ3n) is 4.05. The smallest absolute Gasteiger partial charge is 0.218 e. The van der Waals surface area contributed by atoms with Crippen LogP contribution in [0.5, 0.6) is 0 Å². The predicted octanol–water partition coefficient (Wildman–Crippen LogP) is 2.28. The van der Waals surface area contributed by atoms with Gasteiger partial charge in [-0.15, -0.1) is 11.6 Å². The van der Waals surface area contributed by atoms with E-state index in [-0.39, 0.29) is 11.8 Å². The third kappa shape index (κ3) is 4.19. The van der Waals surface area contributed by atoms with E-state index in [1.54, 1.807) is 4.31 Å². The Bertz CT molecular complexity index is 560. The van der Waals surface area contributed by atoms with Crippen LogP contribution in [0.3, 0.4) is 0 Å². The van der Waals surface area contributed by atoms with Crippen molar-refractivity contribution in [2.24, 2.45) is 0 Å². The molecule has 1 aliphatic rings. The molecule has 0 aliphatic carbocycles. The van der Waals surface area contributed by atoms with Crippen LogP contribution in [0.15, 0.2) is 24.3 Å². The fraction of sp³-hybridized carbons (Fsp3) is 0.600. The van der Waals surface area contributed by atoms with E-state index in [1.165, 1.54) is 0 Å².